The summed E-state index contributed by atoms with van der Waals surface area (Å²) in [4.78, 5) is 0. The molecule has 0 aromatic carbocycles. The van der Waals surface area contributed by atoms with Gasteiger partial charge in [0.1, 0.15) is 0 Å². The Morgan fingerprint density at radius 1 is 0.786 bits per heavy atom. The van der Waals surface area contributed by atoms with Crippen LogP contribution in [0.15, 0.2) is 0 Å². The summed E-state index contributed by atoms with van der Waals surface area (Å²) in [5.74, 6) is 0. The molecule has 0 aromatic heterocycles. The second-order valence-corrected chi connectivity index (χ2v) is 9.68. The highest BCUT2D eigenvalue weighted by molar-refractivity contribution is 7.58. The van der Waals surface area contributed by atoms with Gasteiger partial charge in [-0.2, -0.15) is 0 Å². The summed E-state index contributed by atoms with van der Waals surface area (Å²) in [7, 11) is 0.498. The molecule has 0 unspecified atom stereocenters. The van der Waals surface area contributed by atoms with Crippen molar-refractivity contribution in [3.05, 3.63) is 0 Å². The molecule has 2 N–H and O–H groups in total. The maximum atomic E-state index is 6.21. The van der Waals surface area contributed by atoms with Crippen molar-refractivity contribution in [3.8, 4) is 0 Å². The first-order valence-corrected chi connectivity index (χ1v) is 9.67. The van der Waals surface area contributed by atoms with Gasteiger partial charge in [-0.25, -0.2) is 0 Å². The fourth-order valence-electron chi connectivity index (χ4n) is 1.68. The zero-order valence-corrected chi connectivity index (χ0v) is 12.1. The van der Waals surface area contributed by atoms with E-state index in [-0.39, 0.29) is 15.8 Å². The van der Waals surface area contributed by atoms with Gasteiger partial charge in [-0.15, -0.1) is 15.8 Å². The van der Waals surface area contributed by atoms with Crippen LogP contribution in [0.1, 0.15) is 27.7 Å². The van der Waals surface area contributed by atoms with Crippen molar-refractivity contribution in [2.75, 3.05) is 37.0 Å². The number of nitrogens with two attached hydrogens (primary N) is 1. The van der Waals surface area contributed by atoms with Gasteiger partial charge >= 0.3 is 0 Å². The smallest absolute Gasteiger partial charge is 0.0118 e. The fourth-order valence-corrected chi connectivity index (χ4v) is 5.40. The SMILES string of the molecule is CCP(CC)CC(N)CP(CC)CC. The van der Waals surface area contributed by atoms with Crippen molar-refractivity contribution in [3.63, 3.8) is 0 Å². The monoisotopic (exact) mass is 235 g/mol. The lowest BCUT2D eigenvalue weighted by Crippen LogP contribution is -2.28. The van der Waals surface area contributed by atoms with Crippen LogP contribution in [0.5, 0.6) is 0 Å². The van der Waals surface area contributed by atoms with Crippen LogP contribution in [0, 0.1) is 0 Å². The van der Waals surface area contributed by atoms with E-state index in [1.807, 2.05) is 0 Å². The molecular formula is C11H27NP2. The van der Waals surface area contributed by atoms with Crippen molar-refractivity contribution in [2.45, 2.75) is 33.7 Å². The van der Waals surface area contributed by atoms with Crippen LogP contribution in [-0.2, 0) is 0 Å². The van der Waals surface area contributed by atoms with Gasteiger partial charge in [0.05, 0.1) is 0 Å². The summed E-state index contributed by atoms with van der Waals surface area (Å²) in [5, 5.41) is 0. The van der Waals surface area contributed by atoms with Gasteiger partial charge in [-0.05, 0) is 37.0 Å². The van der Waals surface area contributed by atoms with Crippen molar-refractivity contribution in [1.82, 2.24) is 0 Å². The summed E-state index contributed by atoms with van der Waals surface area (Å²) >= 11 is 0. The molecule has 0 spiro atoms. The number of hydrogen-bond acceptors (Lipinski definition) is 1. The minimum absolute atomic E-state index is 0.249. The third kappa shape index (κ3) is 6.33. The van der Waals surface area contributed by atoms with Crippen LogP contribution in [-0.4, -0.2) is 43.0 Å². The van der Waals surface area contributed by atoms with Crippen LogP contribution in [0.3, 0.4) is 0 Å². The maximum absolute atomic E-state index is 6.21. The summed E-state index contributed by atoms with van der Waals surface area (Å²) in [6, 6.07) is 0.493. The molecule has 0 aromatic rings. The van der Waals surface area contributed by atoms with Crippen LogP contribution in [0.2, 0.25) is 0 Å². The molecule has 0 aliphatic heterocycles. The van der Waals surface area contributed by atoms with Crippen LogP contribution in [0.4, 0.5) is 0 Å². The predicted octanol–water partition coefficient (Wildman–Crippen LogP) is 3.36. The average molecular weight is 235 g/mol. The first kappa shape index (κ1) is 14.8. The van der Waals surface area contributed by atoms with Crippen molar-refractivity contribution < 1.29 is 0 Å². The maximum Gasteiger partial charge on any atom is 0.0118 e. The molecule has 86 valence electrons. The highest BCUT2D eigenvalue weighted by Gasteiger charge is 2.13. The molecule has 0 aliphatic carbocycles. The van der Waals surface area contributed by atoms with E-state index in [9.17, 15) is 0 Å². The molecule has 0 aliphatic rings. The Morgan fingerprint density at radius 2 is 1.07 bits per heavy atom. The summed E-state index contributed by atoms with van der Waals surface area (Å²) < 4.78 is 0. The minimum Gasteiger partial charge on any atom is -0.327 e. The van der Waals surface area contributed by atoms with Crippen LogP contribution in [0.25, 0.3) is 0 Å². The lowest BCUT2D eigenvalue weighted by atomic mass is 10.4. The fraction of sp³-hybridized carbons (Fsp3) is 1.00. The molecule has 0 amide bonds. The van der Waals surface area contributed by atoms with E-state index >= 15 is 0 Å². The van der Waals surface area contributed by atoms with E-state index < -0.39 is 0 Å². The van der Waals surface area contributed by atoms with E-state index in [0.717, 1.165) is 0 Å². The Hall–Kier alpha value is 0.820. The average Bonchev–Trinajstić information content (AvgIpc) is 2.22. The first-order chi connectivity index (χ1) is 6.67. The quantitative estimate of drug-likeness (QED) is 0.641. The Kier molecular flexibility index (Phi) is 9.61. The van der Waals surface area contributed by atoms with Crippen LogP contribution < -0.4 is 5.73 Å². The molecule has 0 heterocycles. The van der Waals surface area contributed by atoms with Gasteiger partial charge < -0.3 is 5.73 Å². The Balaban J connectivity index is 3.77. The summed E-state index contributed by atoms with van der Waals surface area (Å²) in [6.07, 6.45) is 8.04. The molecule has 0 radical (unpaired) electrons. The van der Waals surface area contributed by atoms with Gasteiger partial charge in [0.25, 0.3) is 0 Å². The van der Waals surface area contributed by atoms with Gasteiger partial charge in [0.2, 0.25) is 0 Å². The Morgan fingerprint density at radius 3 is 1.29 bits per heavy atom. The molecule has 0 rings (SSSR count). The first-order valence-electron chi connectivity index (χ1n) is 5.88. The molecule has 1 nitrogen and oxygen atoms in total. The second-order valence-electron chi connectivity index (χ2n) is 3.73. The van der Waals surface area contributed by atoms with E-state index in [4.69, 9.17) is 5.73 Å². The van der Waals surface area contributed by atoms with Gasteiger partial charge in [-0.1, -0.05) is 27.7 Å². The highest BCUT2D eigenvalue weighted by Crippen LogP contribution is 2.39. The molecule has 0 atom stereocenters. The lowest BCUT2D eigenvalue weighted by Gasteiger charge is -2.22. The van der Waals surface area contributed by atoms with Crippen molar-refractivity contribution in [2.24, 2.45) is 5.73 Å². The molecule has 0 saturated carbocycles. The number of rotatable bonds is 8. The van der Waals surface area contributed by atoms with Gasteiger partial charge in [0, 0.05) is 6.04 Å². The minimum atomic E-state index is 0.249. The Labute approximate surface area is 92.7 Å². The van der Waals surface area contributed by atoms with Gasteiger partial charge in [-0.3, -0.25) is 0 Å². The summed E-state index contributed by atoms with van der Waals surface area (Å²) in [6.45, 7) is 9.24. The molecule has 0 bridgehead atoms. The molecular weight excluding hydrogens is 208 g/mol. The topological polar surface area (TPSA) is 26.0 Å². The molecule has 14 heavy (non-hydrogen) atoms. The number of hydrogen-bond donors (Lipinski definition) is 1. The third-order valence-electron chi connectivity index (χ3n) is 2.77. The van der Waals surface area contributed by atoms with Crippen molar-refractivity contribution >= 4 is 15.8 Å². The second kappa shape index (κ2) is 9.08. The van der Waals surface area contributed by atoms with E-state index in [1.54, 1.807) is 0 Å². The molecule has 0 fully saturated rings. The summed E-state index contributed by atoms with van der Waals surface area (Å²) in [5.41, 5.74) is 6.21. The lowest BCUT2D eigenvalue weighted by molar-refractivity contribution is 0.844. The highest BCUT2D eigenvalue weighted by atomic mass is 31.1. The van der Waals surface area contributed by atoms with Crippen LogP contribution >= 0.6 is 15.8 Å². The zero-order chi connectivity index (χ0) is 11.0. The standard InChI is InChI=1S/C11H27NP2/c1-5-13(6-2)9-11(12)10-14(7-3)8-4/h11H,5-10,12H2,1-4H3. The van der Waals surface area contributed by atoms with Crippen molar-refractivity contribution in [1.29, 1.82) is 0 Å². The van der Waals surface area contributed by atoms with E-state index in [0.29, 0.717) is 6.04 Å². The normalized spacial score (nSPS) is 12.0. The van der Waals surface area contributed by atoms with E-state index in [2.05, 4.69) is 27.7 Å². The zero-order valence-electron chi connectivity index (χ0n) is 10.3. The predicted molar refractivity (Wildman–Crippen MR) is 73.7 cm³/mol. The molecule has 3 heteroatoms. The van der Waals surface area contributed by atoms with Gasteiger partial charge in [0.15, 0.2) is 0 Å². The third-order valence-corrected chi connectivity index (χ3v) is 8.32. The van der Waals surface area contributed by atoms with E-state index in [1.165, 1.54) is 37.0 Å². The largest absolute Gasteiger partial charge is 0.327 e. The molecule has 0 saturated heterocycles. The Bertz CT molecular complexity index is 108.